The number of aryl methyl sites for hydroxylation is 2. The lowest BCUT2D eigenvalue weighted by Crippen LogP contribution is -2.20. The van der Waals surface area contributed by atoms with Crippen LogP contribution in [0.2, 0.25) is 0 Å². The monoisotopic (exact) mass is 203 g/mol. The number of hydrogen-bond donors (Lipinski definition) is 1. The van der Waals surface area contributed by atoms with Crippen LogP contribution in [0.15, 0.2) is 18.2 Å². The van der Waals surface area contributed by atoms with Crippen LogP contribution >= 0.6 is 0 Å². The van der Waals surface area contributed by atoms with E-state index in [1.54, 1.807) is 0 Å². The zero-order valence-electron chi connectivity index (χ0n) is 9.84. The summed E-state index contributed by atoms with van der Waals surface area (Å²) >= 11 is 0. The summed E-state index contributed by atoms with van der Waals surface area (Å²) in [4.78, 5) is 0. The minimum atomic E-state index is 0.989. The maximum atomic E-state index is 3.54. The van der Waals surface area contributed by atoms with Gasteiger partial charge in [0.25, 0.3) is 0 Å². The first-order valence-electron chi connectivity index (χ1n) is 6.02. The summed E-state index contributed by atoms with van der Waals surface area (Å²) in [5, 5.41) is 3.54. The quantitative estimate of drug-likeness (QED) is 0.726. The predicted molar refractivity (Wildman–Crippen MR) is 65.2 cm³/mol. The third-order valence-electron chi connectivity index (χ3n) is 3.21. The van der Waals surface area contributed by atoms with Crippen LogP contribution in [0.5, 0.6) is 0 Å². The van der Waals surface area contributed by atoms with E-state index in [0.29, 0.717) is 0 Å². The lowest BCUT2D eigenvalue weighted by molar-refractivity contribution is 0.636. The lowest BCUT2D eigenvalue weighted by Gasteiger charge is -2.08. The summed E-state index contributed by atoms with van der Waals surface area (Å²) in [7, 11) is 0. The Hall–Kier alpha value is -0.820. The SMILES string of the molecule is Cc1ccc(C)c(CCNCC2CC2)c1. The summed E-state index contributed by atoms with van der Waals surface area (Å²) in [5.41, 5.74) is 4.30. The predicted octanol–water partition coefficient (Wildman–Crippen LogP) is 2.85. The van der Waals surface area contributed by atoms with Gasteiger partial charge in [0.1, 0.15) is 0 Å². The van der Waals surface area contributed by atoms with Crippen LogP contribution in [0.25, 0.3) is 0 Å². The Kier molecular flexibility index (Phi) is 3.42. The largest absolute Gasteiger partial charge is 0.316 e. The van der Waals surface area contributed by atoms with Crippen molar-refractivity contribution in [1.82, 2.24) is 5.32 Å². The first-order valence-corrected chi connectivity index (χ1v) is 6.02. The van der Waals surface area contributed by atoms with E-state index in [1.807, 2.05) is 0 Å². The number of benzene rings is 1. The minimum Gasteiger partial charge on any atom is -0.316 e. The molecule has 0 spiro atoms. The van der Waals surface area contributed by atoms with E-state index in [-0.39, 0.29) is 0 Å². The summed E-state index contributed by atoms with van der Waals surface area (Å²) < 4.78 is 0. The second-order valence-electron chi connectivity index (χ2n) is 4.83. The van der Waals surface area contributed by atoms with Crippen molar-refractivity contribution < 1.29 is 0 Å². The highest BCUT2D eigenvalue weighted by molar-refractivity contribution is 5.30. The number of nitrogens with one attached hydrogen (secondary N) is 1. The Labute approximate surface area is 92.9 Å². The molecule has 0 amide bonds. The standard InChI is InChI=1S/C14H21N/c1-11-3-4-12(2)14(9-11)7-8-15-10-13-5-6-13/h3-4,9,13,15H,5-8,10H2,1-2H3. The van der Waals surface area contributed by atoms with E-state index < -0.39 is 0 Å². The average molecular weight is 203 g/mol. The van der Waals surface area contributed by atoms with Crippen molar-refractivity contribution in [1.29, 1.82) is 0 Å². The molecule has 2 rings (SSSR count). The first-order chi connectivity index (χ1) is 7.25. The molecule has 0 unspecified atom stereocenters. The lowest BCUT2D eigenvalue weighted by atomic mass is 10.0. The van der Waals surface area contributed by atoms with Crippen LogP contribution in [-0.2, 0) is 6.42 Å². The topological polar surface area (TPSA) is 12.0 Å². The molecule has 0 aromatic heterocycles. The van der Waals surface area contributed by atoms with E-state index in [2.05, 4.69) is 37.4 Å². The molecule has 1 heteroatoms. The third kappa shape index (κ3) is 3.35. The highest BCUT2D eigenvalue weighted by Crippen LogP contribution is 2.27. The molecule has 1 N–H and O–H groups in total. The van der Waals surface area contributed by atoms with Gasteiger partial charge in [-0.15, -0.1) is 0 Å². The van der Waals surface area contributed by atoms with E-state index in [4.69, 9.17) is 0 Å². The molecule has 1 nitrogen and oxygen atoms in total. The number of rotatable bonds is 5. The Morgan fingerprint density at radius 2 is 2.07 bits per heavy atom. The fraction of sp³-hybridized carbons (Fsp3) is 0.571. The van der Waals surface area contributed by atoms with Gasteiger partial charge in [0.05, 0.1) is 0 Å². The molecule has 0 radical (unpaired) electrons. The van der Waals surface area contributed by atoms with Crippen LogP contribution in [0.3, 0.4) is 0 Å². The van der Waals surface area contributed by atoms with Gasteiger partial charge in [-0.25, -0.2) is 0 Å². The van der Waals surface area contributed by atoms with Gasteiger partial charge in [0.2, 0.25) is 0 Å². The van der Waals surface area contributed by atoms with Crippen LogP contribution in [0.4, 0.5) is 0 Å². The second-order valence-corrected chi connectivity index (χ2v) is 4.83. The van der Waals surface area contributed by atoms with Crippen molar-refractivity contribution in [3.8, 4) is 0 Å². The van der Waals surface area contributed by atoms with E-state index in [0.717, 1.165) is 12.5 Å². The highest BCUT2D eigenvalue weighted by Gasteiger charge is 2.19. The summed E-state index contributed by atoms with van der Waals surface area (Å²) in [6.07, 6.45) is 4.05. The normalized spacial score (nSPS) is 15.6. The maximum Gasteiger partial charge on any atom is -0.000813 e. The van der Waals surface area contributed by atoms with Crippen molar-refractivity contribution >= 4 is 0 Å². The molecule has 15 heavy (non-hydrogen) atoms. The Bertz CT molecular complexity index is 326. The van der Waals surface area contributed by atoms with Gasteiger partial charge >= 0.3 is 0 Å². The Balaban J connectivity index is 1.78. The Morgan fingerprint density at radius 3 is 2.80 bits per heavy atom. The Morgan fingerprint density at radius 1 is 1.27 bits per heavy atom. The molecule has 0 bridgehead atoms. The fourth-order valence-corrected chi connectivity index (χ4v) is 1.92. The molecule has 1 aromatic carbocycles. The fourth-order valence-electron chi connectivity index (χ4n) is 1.92. The van der Waals surface area contributed by atoms with Gasteiger partial charge < -0.3 is 5.32 Å². The zero-order chi connectivity index (χ0) is 10.7. The van der Waals surface area contributed by atoms with E-state index in [9.17, 15) is 0 Å². The zero-order valence-corrected chi connectivity index (χ0v) is 9.84. The summed E-state index contributed by atoms with van der Waals surface area (Å²) in [6, 6.07) is 6.73. The van der Waals surface area contributed by atoms with Crippen molar-refractivity contribution in [2.24, 2.45) is 5.92 Å². The van der Waals surface area contributed by atoms with Crippen LogP contribution < -0.4 is 5.32 Å². The smallest absolute Gasteiger partial charge is 0.000813 e. The van der Waals surface area contributed by atoms with Gasteiger partial charge in [-0.2, -0.15) is 0 Å². The molecule has 1 aliphatic carbocycles. The molecule has 0 aliphatic heterocycles. The number of hydrogen-bond acceptors (Lipinski definition) is 1. The van der Waals surface area contributed by atoms with Crippen molar-refractivity contribution in [3.63, 3.8) is 0 Å². The molecular weight excluding hydrogens is 182 g/mol. The van der Waals surface area contributed by atoms with Gasteiger partial charge in [-0.3, -0.25) is 0 Å². The molecular formula is C14H21N. The molecule has 0 heterocycles. The van der Waals surface area contributed by atoms with Crippen molar-refractivity contribution in [2.45, 2.75) is 33.1 Å². The van der Waals surface area contributed by atoms with E-state index >= 15 is 0 Å². The van der Waals surface area contributed by atoms with E-state index in [1.165, 1.54) is 42.5 Å². The summed E-state index contributed by atoms with van der Waals surface area (Å²) in [6.45, 7) is 6.72. The highest BCUT2D eigenvalue weighted by atomic mass is 14.9. The molecule has 1 saturated carbocycles. The summed E-state index contributed by atoms with van der Waals surface area (Å²) in [5.74, 6) is 0.989. The maximum absolute atomic E-state index is 3.54. The molecule has 1 aromatic rings. The average Bonchev–Trinajstić information content (AvgIpc) is 3.01. The van der Waals surface area contributed by atoms with Gasteiger partial charge in [-0.05, 0) is 63.2 Å². The van der Waals surface area contributed by atoms with Crippen LogP contribution in [0, 0.1) is 19.8 Å². The minimum absolute atomic E-state index is 0.989. The van der Waals surface area contributed by atoms with Gasteiger partial charge in [-0.1, -0.05) is 23.8 Å². The molecule has 1 fully saturated rings. The van der Waals surface area contributed by atoms with Crippen LogP contribution in [0.1, 0.15) is 29.5 Å². The van der Waals surface area contributed by atoms with Crippen molar-refractivity contribution in [2.75, 3.05) is 13.1 Å². The van der Waals surface area contributed by atoms with Gasteiger partial charge in [0.15, 0.2) is 0 Å². The molecule has 1 aliphatic rings. The molecule has 82 valence electrons. The first kappa shape index (κ1) is 10.7. The van der Waals surface area contributed by atoms with Crippen LogP contribution in [-0.4, -0.2) is 13.1 Å². The van der Waals surface area contributed by atoms with Gasteiger partial charge in [0, 0.05) is 0 Å². The second kappa shape index (κ2) is 4.80. The third-order valence-corrected chi connectivity index (χ3v) is 3.21. The van der Waals surface area contributed by atoms with Crippen molar-refractivity contribution in [3.05, 3.63) is 34.9 Å². The molecule has 0 saturated heterocycles. The molecule has 0 atom stereocenters.